The molecule has 0 saturated carbocycles. The van der Waals surface area contributed by atoms with E-state index in [-0.39, 0.29) is 24.9 Å². The van der Waals surface area contributed by atoms with Gasteiger partial charge in [0.05, 0.1) is 6.26 Å². The second-order valence-corrected chi connectivity index (χ2v) is 8.50. The third kappa shape index (κ3) is 6.21. The second kappa shape index (κ2) is 11.9. The highest BCUT2D eigenvalue weighted by molar-refractivity contribution is 5.91. The minimum Gasteiger partial charge on any atom is -0.480 e. The third-order valence-corrected chi connectivity index (χ3v) is 6.09. The van der Waals surface area contributed by atoms with Gasteiger partial charge in [-0.1, -0.05) is 48.5 Å². The molecule has 1 aromatic heterocycles. The summed E-state index contributed by atoms with van der Waals surface area (Å²) >= 11 is 0. The zero-order chi connectivity index (χ0) is 25.3. The summed E-state index contributed by atoms with van der Waals surface area (Å²) in [6.07, 6.45) is 4.98. The van der Waals surface area contributed by atoms with Crippen LogP contribution in [0.4, 0.5) is 4.79 Å². The van der Waals surface area contributed by atoms with Gasteiger partial charge in [-0.2, -0.15) is 0 Å². The van der Waals surface area contributed by atoms with Gasteiger partial charge in [0.25, 0.3) is 0 Å². The monoisotopic (exact) mass is 488 g/mol. The van der Waals surface area contributed by atoms with Crippen LogP contribution >= 0.6 is 0 Å². The van der Waals surface area contributed by atoms with Crippen molar-refractivity contribution in [3.8, 4) is 11.1 Å². The Bertz CT molecular complexity index is 1190. The summed E-state index contributed by atoms with van der Waals surface area (Å²) < 4.78 is 10.6. The Kier molecular flexibility index (Phi) is 8.18. The molecule has 2 aromatic carbocycles. The molecule has 4 rings (SSSR count). The highest BCUT2D eigenvalue weighted by atomic mass is 16.5. The van der Waals surface area contributed by atoms with Crippen LogP contribution in [0.3, 0.4) is 0 Å². The molecule has 1 atom stereocenters. The molecule has 0 spiro atoms. The highest BCUT2D eigenvalue weighted by Crippen LogP contribution is 2.44. The Labute approximate surface area is 209 Å². The molecule has 8 heteroatoms. The number of ether oxygens (including phenoxy) is 1. The summed E-state index contributed by atoms with van der Waals surface area (Å²) in [5.41, 5.74) is 4.41. The van der Waals surface area contributed by atoms with E-state index in [9.17, 15) is 19.5 Å². The number of carbonyl (C=O) groups excluding carboxylic acids is 2. The van der Waals surface area contributed by atoms with Crippen LogP contribution in [0.25, 0.3) is 17.2 Å². The van der Waals surface area contributed by atoms with Crippen LogP contribution in [0.1, 0.15) is 42.1 Å². The molecule has 2 amide bonds. The van der Waals surface area contributed by atoms with Crippen molar-refractivity contribution >= 4 is 24.0 Å². The lowest BCUT2D eigenvalue weighted by Gasteiger charge is -2.17. The first-order chi connectivity index (χ1) is 17.5. The predicted octanol–water partition coefficient (Wildman–Crippen LogP) is 4.57. The Morgan fingerprint density at radius 1 is 0.972 bits per heavy atom. The summed E-state index contributed by atoms with van der Waals surface area (Å²) in [6, 6.07) is 18.4. The highest BCUT2D eigenvalue weighted by Gasteiger charge is 2.29. The number of nitrogens with one attached hydrogen (secondary N) is 2. The largest absolute Gasteiger partial charge is 0.480 e. The fraction of sp³-hybridized carbons (Fsp3) is 0.250. The van der Waals surface area contributed by atoms with E-state index in [0.717, 1.165) is 22.3 Å². The normalized spacial score (nSPS) is 13.1. The topological polar surface area (TPSA) is 118 Å². The zero-order valence-corrected chi connectivity index (χ0v) is 19.7. The second-order valence-electron chi connectivity index (χ2n) is 8.50. The molecule has 0 bridgehead atoms. The Hall–Kier alpha value is -4.33. The van der Waals surface area contributed by atoms with Gasteiger partial charge in [0.15, 0.2) is 0 Å². The van der Waals surface area contributed by atoms with Gasteiger partial charge in [-0.15, -0.1) is 0 Å². The van der Waals surface area contributed by atoms with Crippen molar-refractivity contribution in [1.29, 1.82) is 0 Å². The average Bonchev–Trinajstić information content (AvgIpc) is 3.51. The van der Waals surface area contributed by atoms with Crippen molar-refractivity contribution in [1.82, 2.24) is 10.6 Å². The summed E-state index contributed by atoms with van der Waals surface area (Å²) in [5, 5.41) is 14.7. The number of alkyl carbamates (subject to hydrolysis) is 1. The summed E-state index contributed by atoms with van der Waals surface area (Å²) in [6.45, 7) is 0.502. The molecule has 3 N–H and O–H groups in total. The minimum atomic E-state index is -1.13. The quantitative estimate of drug-likeness (QED) is 0.269. The van der Waals surface area contributed by atoms with E-state index < -0.39 is 18.1 Å². The van der Waals surface area contributed by atoms with Gasteiger partial charge in [0.2, 0.25) is 5.91 Å². The third-order valence-electron chi connectivity index (χ3n) is 6.09. The first-order valence-corrected chi connectivity index (χ1v) is 11.9. The van der Waals surface area contributed by atoms with Crippen molar-refractivity contribution in [2.45, 2.75) is 31.2 Å². The van der Waals surface area contributed by atoms with E-state index in [1.807, 2.05) is 48.5 Å². The van der Waals surface area contributed by atoms with Gasteiger partial charge in [-0.05, 0) is 59.7 Å². The van der Waals surface area contributed by atoms with E-state index in [2.05, 4.69) is 10.6 Å². The maximum Gasteiger partial charge on any atom is 0.407 e. The SMILES string of the molecule is O=C(/C=C/c1ccco1)NCCCCC(NC(=O)OCC1c2ccccc2-c2ccccc21)C(=O)O. The van der Waals surface area contributed by atoms with E-state index in [4.69, 9.17) is 9.15 Å². The van der Waals surface area contributed by atoms with Gasteiger partial charge in [-0.3, -0.25) is 4.79 Å². The van der Waals surface area contributed by atoms with Crippen LogP contribution in [0.2, 0.25) is 0 Å². The number of carboxylic acid groups (broad SMARTS) is 1. The van der Waals surface area contributed by atoms with Gasteiger partial charge in [0, 0.05) is 18.5 Å². The molecule has 186 valence electrons. The number of hydrogen-bond acceptors (Lipinski definition) is 5. The molecule has 36 heavy (non-hydrogen) atoms. The summed E-state index contributed by atoms with van der Waals surface area (Å²) in [5.74, 6) is -0.919. The van der Waals surface area contributed by atoms with Crippen LogP contribution in [-0.2, 0) is 14.3 Å². The van der Waals surface area contributed by atoms with E-state index >= 15 is 0 Å². The molecule has 0 aliphatic heterocycles. The number of amides is 2. The van der Waals surface area contributed by atoms with Crippen LogP contribution in [0.5, 0.6) is 0 Å². The van der Waals surface area contributed by atoms with Crippen LogP contribution in [0.15, 0.2) is 77.4 Å². The maximum atomic E-state index is 12.4. The number of hydrogen-bond donors (Lipinski definition) is 3. The number of benzene rings is 2. The zero-order valence-electron chi connectivity index (χ0n) is 19.7. The fourth-order valence-electron chi connectivity index (χ4n) is 4.33. The fourth-order valence-corrected chi connectivity index (χ4v) is 4.33. The van der Waals surface area contributed by atoms with Crippen molar-refractivity contribution < 1.29 is 28.6 Å². The van der Waals surface area contributed by atoms with Gasteiger partial charge in [0.1, 0.15) is 18.4 Å². The van der Waals surface area contributed by atoms with Crippen LogP contribution in [0, 0.1) is 0 Å². The lowest BCUT2D eigenvalue weighted by atomic mass is 9.98. The van der Waals surface area contributed by atoms with E-state index in [1.54, 1.807) is 18.2 Å². The number of unbranched alkanes of at least 4 members (excludes halogenated alkanes) is 1. The molecule has 1 heterocycles. The van der Waals surface area contributed by atoms with Crippen molar-refractivity contribution in [2.75, 3.05) is 13.2 Å². The van der Waals surface area contributed by atoms with Gasteiger partial charge >= 0.3 is 12.1 Å². The Balaban J connectivity index is 1.21. The standard InChI is InChI=1S/C28H28N2O6/c31-26(15-14-19-8-7-17-35-19)29-16-6-5-13-25(27(32)33)30-28(34)36-18-24-22-11-3-1-9-20(22)21-10-2-4-12-23(21)24/h1-4,7-12,14-15,17,24-25H,5-6,13,16,18H2,(H,29,31)(H,30,34)(H,32,33)/b15-14+. The molecule has 1 unspecified atom stereocenters. The average molecular weight is 489 g/mol. The number of carboxylic acids is 1. The molecular formula is C28H28N2O6. The number of rotatable bonds is 11. The van der Waals surface area contributed by atoms with Crippen molar-refractivity contribution in [2.24, 2.45) is 0 Å². The lowest BCUT2D eigenvalue weighted by molar-refractivity contribution is -0.139. The smallest absolute Gasteiger partial charge is 0.407 e. The van der Waals surface area contributed by atoms with E-state index in [0.29, 0.717) is 25.1 Å². The number of carbonyl (C=O) groups is 3. The minimum absolute atomic E-state index is 0.100. The molecule has 1 aliphatic rings. The molecule has 1 aliphatic carbocycles. The molecular weight excluding hydrogens is 460 g/mol. The number of fused-ring (bicyclic) bond motifs is 3. The first-order valence-electron chi connectivity index (χ1n) is 11.9. The molecule has 0 saturated heterocycles. The predicted molar refractivity (Wildman–Crippen MR) is 134 cm³/mol. The summed E-state index contributed by atoms with van der Waals surface area (Å²) in [4.78, 5) is 35.9. The molecule has 0 radical (unpaired) electrons. The van der Waals surface area contributed by atoms with Crippen molar-refractivity contribution in [3.05, 3.63) is 89.9 Å². The van der Waals surface area contributed by atoms with E-state index in [1.165, 1.54) is 12.3 Å². The summed E-state index contributed by atoms with van der Waals surface area (Å²) in [7, 11) is 0. The number of furan rings is 1. The molecule has 3 aromatic rings. The lowest BCUT2D eigenvalue weighted by Crippen LogP contribution is -2.41. The van der Waals surface area contributed by atoms with Crippen molar-refractivity contribution in [3.63, 3.8) is 0 Å². The number of aliphatic carboxylic acids is 1. The Morgan fingerprint density at radius 3 is 2.31 bits per heavy atom. The Morgan fingerprint density at radius 2 is 1.67 bits per heavy atom. The van der Waals surface area contributed by atoms with Gasteiger partial charge in [-0.25, -0.2) is 9.59 Å². The maximum absolute atomic E-state index is 12.4. The van der Waals surface area contributed by atoms with Crippen LogP contribution < -0.4 is 10.6 Å². The van der Waals surface area contributed by atoms with Crippen LogP contribution in [-0.4, -0.2) is 42.3 Å². The first kappa shape index (κ1) is 24.8. The van der Waals surface area contributed by atoms with Gasteiger partial charge < -0.3 is 24.9 Å². The molecule has 8 nitrogen and oxygen atoms in total. The molecule has 0 fully saturated rings.